The average Bonchev–Trinajstić information content (AvgIpc) is 2.29. The smallest absolute Gasteiger partial charge is 0.113 e. The van der Waals surface area contributed by atoms with Crippen LogP contribution in [0.1, 0.15) is 5.56 Å². The zero-order chi connectivity index (χ0) is 8.39. The molecule has 1 aromatic carbocycles. The van der Waals surface area contributed by atoms with Gasteiger partial charge in [0.2, 0.25) is 0 Å². The molecule has 2 rings (SSSR count). The van der Waals surface area contributed by atoms with E-state index in [1.54, 1.807) is 0 Å². The maximum Gasteiger partial charge on any atom is 0.113 e. The van der Waals surface area contributed by atoms with Gasteiger partial charge in [0.05, 0.1) is 5.69 Å². The van der Waals surface area contributed by atoms with E-state index in [0.29, 0.717) is 5.04 Å². The Morgan fingerprint density at radius 2 is 2.00 bits per heavy atom. The summed E-state index contributed by atoms with van der Waals surface area (Å²) in [4.78, 5) is 0. The fraction of sp³-hybridized carbons (Fsp3) is 0. The van der Waals surface area contributed by atoms with Crippen molar-refractivity contribution < 1.29 is 0 Å². The van der Waals surface area contributed by atoms with Crippen molar-refractivity contribution in [2.45, 2.75) is 0 Å². The summed E-state index contributed by atoms with van der Waals surface area (Å²) in [5, 5.41) is 4.70. The van der Waals surface area contributed by atoms with Crippen molar-refractivity contribution in [3.05, 3.63) is 35.9 Å². The number of hydrazone groups is 1. The van der Waals surface area contributed by atoms with Gasteiger partial charge in [-0.1, -0.05) is 24.3 Å². The summed E-state index contributed by atoms with van der Waals surface area (Å²) < 4.78 is 0. The minimum absolute atomic E-state index is 0.686. The predicted octanol–water partition coefficient (Wildman–Crippen LogP) is 2.37. The van der Waals surface area contributed by atoms with Crippen LogP contribution in [0.15, 0.2) is 35.4 Å². The summed E-state index contributed by atoms with van der Waals surface area (Å²) >= 11 is 4.14. The Labute approximate surface area is 76.4 Å². The van der Waals surface area contributed by atoms with Crippen molar-refractivity contribution >= 4 is 29.4 Å². The summed E-state index contributed by atoms with van der Waals surface area (Å²) in [6.07, 6.45) is 3.85. The van der Waals surface area contributed by atoms with Gasteiger partial charge in [-0.15, -0.1) is 12.6 Å². The Hall–Kier alpha value is -1.22. The molecule has 1 aliphatic heterocycles. The van der Waals surface area contributed by atoms with Crippen LogP contribution in [0.25, 0.3) is 6.08 Å². The van der Waals surface area contributed by atoms with Crippen molar-refractivity contribution in [1.82, 2.24) is 0 Å². The van der Waals surface area contributed by atoms with E-state index in [2.05, 4.69) is 23.2 Å². The first-order valence-electron chi connectivity index (χ1n) is 3.66. The first kappa shape index (κ1) is 7.43. The molecule has 0 fully saturated rings. The molecule has 0 aromatic heterocycles. The second-order valence-corrected chi connectivity index (χ2v) is 2.96. The number of anilines is 1. The molecular weight excluding hydrogens is 168 g/mol. The van der Waals surface area contributed by atoms with Crippen LogP contribution in [0.2, 0.25) is 0 Å². The summed E-state index contributed by atoms with van der Waals surface area (Å²) in [5.74, 6) is 0. The van der Waals surface area contributed by atoms with Gasteiger partial charge >= 0.3 is 0 Å². The molecule has 12 heavy (non-hydrogen) atoms. The third-order valence-corrected chi connectivity index (χ3v) is 1.91. The number of benzene rings is 1. The number of nitrogens with one attached hydrogen (secondary N) is 1. The predicted molar refractivity (Wildman–Crippen MR) is 55.5 cm³/mol. The normalized spacial score (nSPS) is 14.2. The number of thiol groups is 1. The summed E-state index contributed by atoms with van der Waals surface area (Å²) in [5.41, 5.74) is 5.07. The lowest BCUT2D eigenvalue weighted by atomic mass is 10.2. The van der Waals surface area contributed by atoms with Crippen LogP contribution in [-0.2, 0) is 0 Å². The van der Waals surface area contributed by atoms with Gasteiger partial charge in [0, 0.05) is 0 Å². The molecule has 0 saturated heterocycles. The van der Waals surface area contributed by atoms with E-state index in [9.17, 15) is 0 Å². The lowest BCUT2D eigenvalue weighted by molar-refractivity contribution is 1.35. The van der Waals surface area contributed by atoms with Crippen LogP contribution in [0.3, 0.4) is 0 Å². The Kier molecular flexibility index (Phi) is 1.87. The molecule has 0 aliphatic carbocycles. The molecule has 0 atom stereocenters. The van der Waals surface area contributed by atoms with Gasteiger partial charge in [-0.2, -0.15) is 5.10 Å². The minimum Gasteiger partial charge on any atom is -0.277 e. The second kappa shape index (κ2) is 3.03. The third kappa shape index (κ3) is 1.36. The van der Waals surface area contributed by atoms with E-state index >= 15 is 0 Å². The Balaban J connectivity index is 2.48. The van der Waals surface area contributed by atoms with E-state index in [1.165, 1.54) is 0 Å². The number of hydrogen-bond donors (Lipinski definition) is 2. The molecule has 2 nitrogen and oxygen atoms in total. The van der Waals surface area contributed by atoms with Gasteiger partial charge in [0.25, 0.3) is 0 Å². The number of para-hydroxylation sites is 1. The van der Waals surface area contributed by atoms with Crippen LogP contribution < -0.4 is 5.43 Å². The highest BCUT2D eigenvalue weighted by Crippen LogP contribution is 2.18. The fourth-order valence-corrected chi connectivity index (χ4v) is 1.19. The molecule has 0 spiro atoms. The Morgan fingerprint density at radius 1 is 1.17 bits per heavy atom. The molecule has 0 unspecified atom stereocenters. The lowest BCUT2D eigenvalue weighted by Crippen LogP contribution is -1.90. The third-order valence-electron chi connectivity index (χ3n) is 1.66. The van der Waals surface area contributed by atoms with Crippen molar-refractivity contribution in [3.8, 4) is 0 Å². The first-order chi connectivity index (χ1) is 5.86. The van der Waals surface area contributed by atoms with E-state index in [1.807, 2.05) is 36.4 Å². The topological polar surface area (TPSA) is 24.4 Å². The standard InChI is InChI=1S/C9H8N2S/c12-9-6-5-7-3-1-2-4-8(7)10-11-9/h1-6,10H,(H,11,12). The summed E-state index contributed by atoms with van der Waals surface area (Å²) in [6.45, 7) is 0. The average molecular weight is 176 g/mol. The molecule has 1 N–H and O–H groups in total. The van der Waals surface area contributed by atoms with Crippen molar-refractivity contribution in [2.75, 3.05) is 5.43 Å². The molecule has 0 radical (unpaired) electrons. The number of fused-ring (bicyclic) bond motifs is 1. The van der Waals surface area contributed by atoms with Crippen molar-refractivity contribution in [1.29, 1.82) is 0 Å². The molecule has 1 aromatic rings. The van der Waals surface area contributed by atoms with E-state index in [-0.39, 0.29) is 0 Å². The first-order valence-corrected chi connectivity index (χ1v) is 4.11. The largest absolute Gasteiger partial charge is 0.277 e. The highest BCUT2D eigenvalue weighted by Gasteiger charge is 1.99. The van der Waals surface area contributed by atoms with Crippen molar-refractivity contribution in [3.63, 3.8) is 0 Å². The zero-order valence-corrected chi connectivity index (χ0v) is 7.25. The minimum atomic E-state index is 0.686. The number of nitrogens with zero attached hydrogens (tertiary/aromatic N) is 1. The number of rotatable bonds is 0. The van der Waals surface area contributed by atoms with Crippen LogP contribution in [-0.4, -0.2) is 5.04 Å². The number of hydrogen-bond acceptors (Lipinski definition) is 2. The molecule has 0 saturated carbocycles. The molecule has 0 amide bonds. The van der Waals surface area contributed by atoms with E-state index in [4.69, 9.17) is 0 Å². The molecule has 3 heteroatoms. The maximum atomic E-state index is 4.14. The second-order valence-electron chi connectivity index (χ2n) is 2.50. The van der Waals surface area contributed by atoms with Crippen LogP contribution in [0.4, 0.5) is 5.69 Å². The highest BCUT2D eigenvalue weighted by molar-refractivity contribution is 7.97. The zero-order valence-electron chi connectivity index (χ0n) is 6.36. The quantitative estimate of drug-likeness (QED) is 0.583. The van der Waals surface area contributed by atoms with Crippen LogP contribution in [0, 0.1) is 0 Å². The molecule has 0 bridgehead atoms. The SMILES string of the molecule is SC1=NNc2ccccc2C=C1. The lowest BCUT2D eigenvalue weighted by Gasteiger charge is -2.01. The van der Waals surface area contributed by atoms with Gasteiger partial charge in [-0.05, 0) is 17.7 Å². The van der Waals surface area contributed by atoms with Gasteiger partial charge in [0.1, 0.15) is 5.04 Å². The van der Waals surface area contributed by atoms with E-state index < -0.39 is 0 Å². The van der Waals surface area contributed by atoms with Gasteiger partial charge in [0.15, 0.2) is 0 Å². The highest BCUT2D eigenvalue weighted by atomic mass is 32.1. The molecule has 1 aliphatic rings. The Morgan fingerprint density at radius 3 is 2.92 bits per heavy atom. The van der Waals surface area contributed by atoms with Crippen LogP contribution in [0.5, 0.6) is 0 Å². The van der Waals surface area contributed by atoms with Gasteiger partial charge in [-0.3, -0.25) is 5.43 Å². The summed E-state index contributed by atoms with van der Waals surface area (Å²) in [6, 6.07) is 7.98. The van der Waals surface area contributed by atoms with E-state index in [0.717, 1.165) is 11.3 Å². The van der Waals surface area contributed by atoms with Crippen LogP contribution >= 0.6 is 12.6 Å². The molecule has 60 valence electrons. The monoisotopic (exact) mass is 176 g/mol. The van der Waals surface area contributed by atoms with Gasteiger partial charge < -0.3 is 0 Å². The molecular formula is C9H8N2S. The molecule has 1 heterocycles. The van der Waals surface area contributed by atoms with Gasteiger partial charge in [-0.25, -0.2) is 0 Å². The fourth-order valence-electron chi connectivity index (χ4n) is 1.06. The maximum absolute atomic E-state index is 4.14. The summed E-state index contributed by atoms with van der Waals surface area (Å²) in [7, 11) is 0. The Bertz CT molecular complexity index is 355. The van der Waals surface area contributed by atoms with Crippen molar-refractivity contribution in [2.24, 2.45) is 5.10 Å².